The Morgan fingerprint density at radius 1 is 0.467 bits per heavy atom. The summed E-state index contributed by atoms with van der Waals surface area (Å²) in [6, 6.07) is 25.0. The third-order valence-corrected chi connectivity index (χ3v) is 5.90. The Labute approximate surface area is 177 Å². The minimum atomic E-state index is 0.682. The Morgan fingerprint density at radius 2 is 0.833 bits per heavy atom. The maximum atomic E-state index is 9.76. The summed E-state index contributed by atoms with van der Waals surface area (Å²) in [5.41, 5.74) is 9.96. The summed E-state index contributed by atoms with van der Waals surface area (Å²) in [7, 11) is 0. The smallest absolute Gasteiger partial charge is 0.0998 e. The van der Waals surface area contributed by atoms with E-state index in [1.54, 1.807) is 0 Å². The lowest BCUT2D eigenvalue weighted by Gasteiger charge is -2.19. The van der Waals surface area contributed by atoms with E-state index in [2.05, 4.69) is 76.2 Å². The lowest BCUT2D eigenvalue weighted by atomic mass is 9.83. The van der Waals surface area contributed by atoms with Crippen LogP contribution in [0.5, 0.6) is 0 Å². The lowest BCUT2D eigenvalue weighted by molar-refractivity contribution is 1.38. The highest BCUT2D eigenvalue weighted by molar-refractivity contribution is 6.08. The van der Waals surface area contributed by atoms with Gasteiger partial charge in [0.05, 0.1) is 23.3 Å². The Hall–Kier alpha value is -3.88. The van der Waals surface area contributed by atoms with Crippen molar-refractivity contribution >= 4 is 10.8 Å². The van der Waals surface area contributed by atoms with Crippen LogP contribution in [-0.2, 0) is 0 Å². The van der Waals surface area contributed by atoms with Crippen LogP contribution in [0.3, 0.4) is 0 Å². The van der Waals surface area contributed by atoms with Crippen LogP contribution < -0.4 is 0 Å². The topological polar surface area (TPSA) is 47.6 Å². The molecule has 0 spiro atoms. The number of hydrogen-bond acceptors (Lipinski definition) is 2. The predicted molar refractivity (Wildman–Crippen MR) is 123 cm³/mol. The van der Waals surface area contributed by atoms with E-state index in [-0.39, 0.29) is 0 Å². The van der Waals surface area contributed by atoms with E-state index in [9.17, 15) is 10.5 Å². The van der Waals surface area contributed by atoms with Crippen LogP contribution in [0, 0.1) is 50.4 Å². The van der Waals surface area contributed by atoms with Gasteiger partial charge < -0.3 is 0 Å². The van der Waals surface area contributed by atoms with Crippen molar-refractivity contribution in [3.8, 4) is 34.4 Å². The molecule has 0 aromatic heterocycles. The highest BCUT2D eigenvalue weighted by atomic mass is 14.3. The van der Waals surface area contributed by atoms with Gasteiger partial charge in [-0.2, -0.15) is 10.5 Å². The van der Waals surface area contributed by atoms with E-state index < -0.39 is 0 Å². The number of nitriles is 2. The third kappa shape index (κ3) is 2.95. The van der Waals surface area contributed by atoms with Crippen LogP contribution in [0.15, 0.2) is 60.7 Å². The van der Waals surface area contributed by atoms with E-state index in [0.29, 0.717) is 11.1 Å². The molecule has 2 heteroatoms. The molecule has 4 aromatic carbocycles. The molecule has 0 unspecified atom stereocenters. The van der Waals surface area contributed by atoms with Gasteiger partial charge in [0.2, 0.25) is 0 Å². The van der Waals surface area contributed by atoms with Crippen molar-refractivity contribution in [2.45, 2.75) is 27.7 Å². The molecule has 0 saturated heterocycles. The van der Waals surface area contributed by atoms with Crippen LogP contribution >= 0.6 is 0 Å². The number of rotatable bonds is 2. The molecule has 0 saturated carbocycles. The van der Waals surface area contributed by atoms with Crippen LogP contribution in [-0.4, -0.2) is 0 Å². The van der Waals surface area contributed by atoms with Crippen molar-refractivity contribution in [3.63, 3.8) is 0 Å². The molecule has 0 aliphatic heterocycles. The fraction of sp³-hybridized carbons (Fsp3) is 0.143. The van der Waals surface area contributed by atoms with Gasteiger partial charge in [-0.1, -0.05) is 48.5 Å². The summed E-state index contributed by atoms with van der Waals surface area (Å²) < 4.78 is 0. The van der Waals surface area contributed by atoms with Gasteiger partial charge in [0.25, 0.3) is 0 Å². The summed E-state index contributed by atoms with van der Waals surface area (Å²) in [6.07, 6.45) is 0. The molecule has 144 valence electrons. The molecule has 0 aliphatic rings. The van der Waals surface area contributed by atoms with Crippen molar-refractivity contribution in [2.24, 2.45) is 0 Å². The second-order valence-corrected chi connectivity index (χ2v) is 7.83. The van der Waals surface area contributed by atoms with Gasteiger partial charge in [0.1, 0.15) is 0 Å². The van der Waals surface area contributed by atoms with Gasteiger partial charge >= 0.3 is 0 Å². The second kappa shape index (κ2) is 7.51. The van der Waals surface area contributed by atoms with E-state index in [1.165, 1.54) is 0 Å². The van der Waals surface area contributed by atoms with Crippen molar-refractivity contribution < 1.29 is 0 Å². The largest absolute Gasteiger partial charge is 0.192 e. The maximum absolute atomic E-state index is 9.76. The molecule has 2 nitrogen and oxygen atoms in total. The first-order chi connectivity index (χ1) is 14.5. The average Bonchev–Trinajstić information content (AvgIpc) is 2.74. The lowest BCUT2D eigenvalue weighted by Crippen LogP contribution is -1.97. The van der Waals surface area contributed by atoms with Gasteiger partial charge in [-0.25, -0.2) is 0 Å². The number of aryl methyl sites for hydroxylation is 4. The third-order valence-electron chi connectivity index (χ3n) is 5.90. The Kier molecular flexibility index (Phi) is 4.86. The fourth-order valence-corrected chi connectivity index (χ4v) is 4.47. The quantitative estimate of drug-likeness (QED) is 0.367. The minimum absolute atomic E-state index is 0.682. The first kappa shape index (κ1) is 19.4. The number of hydrogen-bond donors (Lipinski definition) is 0. The molecule has 0 fully saturated rings. The van der Waals surface area contributed by atoms with Gasteiger partial charge in [-0.3, -0.25) is 0 Å². The zero-order valence-corrected chi connectivity index (χ0v) is 17.7. The molecule has 0 N–H and O–H groups in total. The van der Waals surface area contributed by atoms with E-state index in [1.807, 2.05) is 24.3 Å². The van der Waals surface area contributed by atoms with Crippen molar-refractivity contribution in [1.29, 1.82) is 10.5 Å². The fourth-order valence-electron chi connectivity index (χ4n) is 4.47. The summed E-state index contributed by atoms with van der Waals surface area (Å²) in [4.78, 5) is 0. The van der Waals surface area contributed by atoms with E-state index in [0.717, 1.165) is 55.3 Å². The number of benzene rings is 4. The normalized spacial score (nSPS) is 10.6. The van der Waals surface area contributed by atoms with Crippen LogP contribution in [0.2, 0.25) is 0 Å². The highest BCUT2D eigenvalue weighted by Gasteiger charge is 2.19. The number of fused-ring (bicyclic) bond motifs is 1. The standard InChI is InChI=1S/C28H22N2/c1-17-7-5-9-21(15-29)25(17)27-19(3)11-14-24-23(27)13-12-20(4)28(24)26-18(2)8-6-10-22(26)16-30/h5-14H,1-4H3. The monoisotopic (exact) mass is 386 g/mol. The molecule has 30 heavy (non-hydrogen) atoms. The maximum Gasteiger partial charge on any atom is 0.0998 e. The Bertz CT molecular complexity index is 1290. The Morgan fingerprint density at radius 3 is 1.20 bits per heavy atom. The molecule has 0 atom stereocenters. The minimum Gasteiger partial charge on any atom is -0.192 e. The van der Waals surface area contributed by atoms with E-state index in [4.69, 9.17) is 0 Å². The van der Waals surface area contributed by atoms with Crippen molar-refractivity contribution in [2.75, 3.05) is 0 Å². The van der Waals surface area contributed by atoms with E-state index >= 15 is 0 Å². The molecule has 0 amide bonds. The first-order valence-electron chi connectivity index (χ1n) is 10.0. The average molecular weight is 386 g/mol. The molecular formula is C28H22N2. The molecule has 0 heterocycles. The SMILES string of the molecule is Cc1cccc(C#N)c1-c1c(C)ccc2c(-c3c(C)cccc3C#N)c(C)ccc12. The molecular weight excluding hydrogens is 364 g/mol. The van der Waals surface area contributed by atoms with Crippen LogP contribution in [0.1, 0.15) is 33.4 Å². The van der Waals surface area contributed by atoms with Gasteiger partial charge in [0.15, 0.2) is 0 Å². The molecule has 4 aromatic rings. The Balaban J connectivity index is 2.19. The predicted octanol–water partition coefficient (Wildman–Crippen LogP) is 7.15. The summed E-state index contributed by atoms with van der Waals surface area (Å²) in [5.74, 6) is 0. The molecule has 4 rings (SSSR count). The molecule has 0 aliphatic carbocycles. The summed E-state index contributed by atoms with van der Waals surface area (Å²) >= 11 is 0. The second-order valence-electron chi connectivity index (χ2n) is 7.83. The first-order valence-corrected chi connectivity index (χ1v) is 10.0. The number of nitrogens with zero attached hydrogens (tertiary/aromatic N) is 2. The summed E-state index contributed by atoms with van der Waals surface area (Å²) in [5, 5.41) is 21.7. The molecule has 0 bridgehead atoms. The zero-order valence-electron chi connectivity index (χ0n) is 17.7. The van der Waals surface area contributed by atoms with Crippen molar-refractivity contribution in [3.05, 3.63) is 94.0 Å². The molecule has 0 radical (unpaired) electrons. The van der Waals surface area contributed by atoms with Crippen LogP contribution in [0.25, 0.3) is 33.0 Å². The van der Waals surface area contributed by atoms with Gasteiger partial charge in [0, 0.05) is 11.1 Å². The zero-order chi connectivity index (χ0) is 21.4. The van der Waals surface area contributed by atoms with Gasteiger partial charge in [-0.15, -0.1) is 0 Å². The van der Waals surface area contributed by atoms with Crippen molar-refractivity contribution in [1.82, 2.24) is 0 Å². The van der Waals surface area contributed by atoms with Gasteiger partial charge in [-0.05, 0) is 84.0 Å². The summed E-state index contributed by atoms with van der Waals surface area (Å²) in [6.45, 7) is 8.30. The van der Waals surface area contributed by atoms with Crippen LogP contribution in [0.4, 0.5) is 0 Å². The highest BCUT2D eigenvalue weighted by Crippen LogP contribution is 2.42.